The van der Waals surface area contributed by atoms with Gasteiger partial charge in [0.05, 0.1) is 12.3 Å². The zero-order valence-corrected chi connectivity index (χ0v) is 15.4. The molecule has 1 aromatic carbocycles. The first kappa shape index (κ1) is 17.8. The van der Waals surface area contributed by atoms with Gasteiger partial charge < -0.3 is 15.0 Å². The molecule has 0 bridgehead atoms. The van der Waals surface area contributed by atoms with Gasteiger partial charge in [-0.2, -0.15) is 0 Å². The van der Waals surface area contributed by atoms with Crippen molar-refractivity contribution in [2.75, 3.05) is 13.1 Å². The molecule has 2 saturated heterocycles. The average Bonchev–Trinajstić information content (AvgIpc) is 3.40. The molecule has 2 atom stereocenters. The lowest BCUT2D eigenvalue weighted by Gasteiger charge is -2.30. The van der Waals surface area contributed by atoms with Gasteiger partial charge in [-0.25, -0.2) is 0 Å². The molecule has 2 aliphatic heterocycles. The standard InChI is InChI=1S/C21H25N3O3/c25-20(13-15-11-16-5-1-2-6-17(16)12-15)24-10-4-8-19(24)21(26)23-9-3-7-18(23)14-22-27/h1-2,5-6,11,14,18-19,27H,3-4,7-10,12-13H2/t18-,19-/m0/s1. The summed E-state index contributed by atoms with van der Waals surface area (Å²) in [5, 5.41) is 11.9. The zero-order valence-electron chi connectivity index (χ0n) is 15.4. The summed E-state index contributed by atoms with van der Waals surface area (Å²) < 4.78 is 0. The van der Waals surface area contributed by atoms with Crippen molar-refractivity contribution in [3.8, 4) is 0 Å². The number of amides is 2. The second-order valence-electron chi connectivity index (χ2n) is 7.61. The van der Waals surface area contributed by atoms with Crippen molar-refractivity contribution < 1.29 is 14.8 Å². The third-order valence-electron chi connectivity index (χ3n) is 5.89. The minimum atomic E-state index is -0.380. The van der Waals surface area contributed by atoms with E-state index in [9.17, 15) is 9.59 Å². The topological polar surface area (TPSA) is 73.2 Å². The van der Waals surface area contributed by atoms with E-state index in [1.54, 1.807) is 9.80 Å². The van der Waals surface area contributed by atoms with E-state index < -0.39 is 0 Å². The maximum Gasteiger partial charge on any atom is 0.245 e. The lowest BCUT2D eigenvalue weighted by Crippen LogP contribution is -2.49. The molecule has 0 spiro atoms. The summed E-state index contributed by atoms with van der Waals surface area (Å²) in [5.74, 6) is 0.0309. The summed E-state index contributed by atoms with van der Waals surface area (Å²) in [6.45, 7) is 1.30. The molecule has 2 fully saturated rings. The number of nitrogens with zero attached hydrogens (tertiary/aromatic N) is 3. The van der Waals surface area contributed by atoms with E-state index in [-0.39, 0.29) is 23.9 Å². The fraction of sp³-hybridized carbons (Fsp3) is 0.476. The van der Waals surface area contributed by atoms with E-state index in [1.807, 2.05) is 12.1 Å². The van der Waals surface area contributed by atoms with Crippen molar-refractivity contribution in [3.63, 3.8) is 0 Å². The van der Waals surface area contributed by atoms with Crippen LogP contribution in [0.5, 0.6) is 0 Å². The first-order valence-corrected chi connectivity index (χ1v) is 9.72. The minimum Gasteiger partial charge on any atom is -0.411 e. The normalized spacial score (nSPS) is 24.5. The molecule has 0 aromatic heterocycles. The monoisotopic (exact) mass is 367 g/mol. The van der Waals surface area contributed by atoms with Crippen LogP contribution in [0.4, 0.5) is 0 Å². The van der Waals surface area contributed by atoms with Crippen molar-refractivity contribution in [1.29, 1.82) is 0 Å². The Labute approximate surface area is 159 Å². The Balaban J connectivity index is 1.42. The maximum absolute atomic E-state index is 13.0. The predicted octanol–water partition coefficient (Wildman–Crippen LogP) is 2.46. The zero-order chi connectivity index (χ0) is 18.8. The van der Waals surface area contributed by atoms with Gasteiger partial charge in [0, 0.05) is 19.5 Å². The number of rotatable bonds is 4. The van der Waals surface area contributed by atoms with Crippen LogP contribution in [0.15, 0.2) is 35.0 Å². The number of hydrogen-bond acceptors (Lipinski definition) is 4. The Kier molecular flexibility index (Phi) is 4.97. The van der Waals surface area contributed by atoms with Crippen molar-refractivity contribution in [3.05, 3.63) is 41.0 Å². The summed E-state index contributed by atoms with van der Waals surface area (Å²) in [4.78, 5) is 29.5. The number of fused-ring (bicyclic) bond motifs is 1. The van der Waals surface area contributed by atoms with Crippen molar-refractivity contribution in [1.82, 2.24) is 9.80 Å². The average molecular weight is 367 g/mol. The third kappa shape index (κ3) is 3.48. The smallest absolute Gasteiger partial charge is 0.245 e. The number of oxime groups is 1. The Morgan fingerprint density at radius 1 is 1.15 bits per heavy atom. The van der Waals surface area contributed by atoms with Crippen molar-refractivity contribution >= 4 is 24.1 Å². The van der Waals surface area contributed by atoms with Crippen LogP contribution in [0, 0.1) is 0 Å². The van der Waals surface area contributed by atoms with Crippen molar-refractivity contribution in [2.45, 2.75) is 50.6 Å². The molecule has 0 unspecified atom stereocenters. The quantitative estimate of drug-likeness (QED) is 0.505. The first-order chi connectivity index (χ1) is 13.2. The van der Waals surface area contributed by atoms with Gasteiger partial charge in [0.2, 0.25) is 11.8 Å². The highest BCUT2D eigenvalue weighted by atomic mass is 16.4. The lowest BCUT2D eigenvalue weighted by atomic mass is 10.1. The fourth-order valence-electron chi connectivity index (χ4n) is 4.57. The first-order valence-electron chi connectivity index (χ1n) is 9.72. The van der Waals surface area contributed by atoms with Gasteiger partial charge >= 0.3 is 0 Å². The molecule has 0 radical (unpaired) electrons. The van der Waals surface area contributed by atoms with Crippen LogP contribution < -0.4 is 0 Å². The Morgan fingerprint density at radius 2 is 1.93 bits per heavy atom. The van der Waals surface area contributed by atoms with E-state index in [0.29, 0.717) is 25.9 Å². The van der Waals surface area contributed by atoms with E-state index in [1.165, 1.54) is 17.3 Å². The third-order valence-corrected chi connectivity index (χ3v) is 5.89. The molecule has 6 heteroatoms. The molecule has 6 nitrogen and oxygen atoms in total. The van der Waals surface area contributed by atoms with Crippen LogP contribution in [-0.4, -0.2) is 58.2 Å². The molecule has 1 aromatic rings. The van der Waals surface area contributed by atoms with Crippen LogP contribution in [-0.2, 0) is 16.0 Å². The van der Waals surface area contributed by atoms with E-state index >= 15 is 0 Å². The number of benzene rings is 1. The fourth-order valence-corrected chi connectivity index (χ4v) is 4.57. The molecule has 27 heavy (non-hydrogen) atoms. The van der Waals surface area contributed by atoms with Gasteiger partial charge in [-0.1, -0.05) is 41.1 Å². The largest absolute Gasteiger partial charge is 0.411 e. The van der Waals surface area contributed by atoms with Gasteiger partial charge in [0.25, 0.3) is 0 Å². The van der Waals surface area contributed by atoms with Crippen LogP contribution in [0.25, 0.3) is 6.08 Å². The molecule has 2 amide bonds. The molecule has 142 valence electrons. The minimum absolute atomic E-state index is 0.00747. The van der Waals surface area contributed by atoms with E-state index in [4.69, 9.17) is 5.21 Å². The summed E-state index contributed by atoms with van der Waals surface area (Å²) in [5.41, 5.74) is 3.57. The highest BCUT2D eigenvalue weighted by molar-refractivity contribution is 5.91. The predicted molar refractivity (Wildman–Crippen MR) is 102 cm³/mol. The number of hydrogen-bond donors (Lipinski definition) is 1. The van der Waals surface area contributed by atoms with Gasteiger partial charge in [0.15, 0.2) is 0 Å². The van der Waals surface area contributed by atoms with Crippen LogP contribution in [0.1, 0.15) is 43.2 Å². The lowest BCUT2D eigenvalue weighted by molar-refractivity contribution is -0.143. The highest BCUT2D eigenvalue weighted by Gasteiger charge is 2.39. The Hall–Kier alpha value is -2.63. The Morgan fingerprint density at radius 3 is 2.74 bits per heavy atom. The number of carbonyl (C=O) groups excluding carboxylic acids is 2. The molecule has 1 aliphatic carbocycles. The maximum atomic E-state index is 13.0. The summed E-state index contributed by atoms with van der Waals surface area (Å²) >= 11 is 0. The number of likely N-dealkylation sites (tertiary alicyclic amines) is 2. The molecule has 1 N–H and O–H groups in total. The van der Waals surface area contributed by atoms with Gasteiger partial charge in [0.1, 0.15) is 6.04 Å². The second kappa shape index (κ2) is 7.55. The summed E-state index contributed by atoms with van der Waals surface area (Å²) in [6, 6.07) is 7.67. The molecule has 0 saturated carbocycles. The molecule has 2 heterocycles. The van der Waals surface area contributed by atoms with Gasteiger partial charge in [-0.15, -0.1) is 0 Å². The SMILES string of the molecule is O=C([C@@H]1CCCN1C(=O)CC1=Cc2ccccc2C1)N1CCC[C@H]1C=NO. The molecular weight excluding hydrogens is 342 g/mol. The van der Waals surface area contributed by atoms with E-state index in [2.05, 4.69) is 23.4 Å². The molecule has 4 rings (SSSR count). The highest BCUT2D eigenvalue weighted by Crippen LogP contribution is 2.29. The summed E-state index contributed by atoms with van der Waals surface area (Å²) in [6.07, 6.45) is 7.99. The van der Waals surface area contributed by atoms with E-state index in [0.717, 1.165) is 31.3 Å². The van der Waals surface area contributed by atoms with Crippen molar-refractivity contribution in [2.24, 2.45) is 5.16 Å². The van der Waals surface area contributed by atoms with Crippen LogP contribution in [0.2, 0.25) is 0 Å². The molecular formula is C21H25N3O3. The molecule has 3 aliphatic rings. The summed E-state index contributed by atoms with van der Waals surface area (Å²) in [7, 11) is 0. The number of carbonyl (C=O) groups is 2. The van der Waals surface area contributed by atoms with Crippen LogP contribution in [0.3, 0.4) is 0 Å². The Bertz CT molecular complexity index is 802. The van der Waals surface area contributed by atoms with Gasteiger partial charge in [-0.3, -0.25) is 9.59 Å². The van der Waals surface area contributed by atoms with Crippen LogP contribution >= 0.6 is 0 Å². The second-order valence-corrected chi connectivity index (χ2v) is 7.61. The van der Waals surface area contributed by atoms with Gasteiger partial charge in [-0.05, 0) is 43.2 Å².